The van der Waals surface area contributed by atoms with Crippen molar-refractivity contribution in [3.8, 4) is 0 Å². The van der Waals surface area contributed by atoms with Gasteiger partial charge in [-0.25, -0.2) is 4.39 Å². The summed E-state index contributed by atoms with van der Waals surface area (Å²) in [6, 6.07) is 6.84. The quantitative estimate of drug-likeness (QED) is 0.758. The van der Waals surface area contributed by atoms with Gasteiger partial charge in [-0.1, -0.05) is 19.1 Å². The Morgan fingerprint density at radius 2 is 2.16 bits per heavy atom. The van der Waals surface area contributed by atoms with Gasteiger partial charge < -0.3 is 10.6 Å². The Bertz CT molecular complexity index is 395. The van der Waals surface area contributed by atoms with Gasteiger partial charge in [0, 0.05) is 25.6 Å². The second kappa shape index (κ2) is 8.64. The predicted molar refractivity (Wildman–Crippen MR) is 75.5 cm³/mol. The third kappa shape index (κ3) is 6.91. The van der Waals surface area contributed by atoms with Crippen LogP contribution in [0.3, 0.4) is 0 Å². The fraction of sp³-hybridized carbons (Fsp3) is 0.533. The number of hydrogen-bond donors (Lipinski definition) is 2. The Hall–Kier alpha value is -1.42. The van der Waals surface area contributed by atoms with Crippen LogP contribution in [0.15, 0.2) is 24.3 Å². The van der Waals surface area contributed by atoms with Crippen molar-refractivity contribution in [3.05, 3.63) is 35.6 Å². The zero-order valence-corrected chi connectivity index (χ0v) is 11.7. The van der Waals surface area contributed by atoms with E-state index >= 15 is 0 Å². The largest absolute Gasteiger partial charge is 0.356 e. The average molecular weight is 266 g/mol. The lowest BCUT2D eigenvalue weighted by molar-refractivity contribution is -0.121. The molecule has 3 nitrogen and oxygen atoms in total. The fourth-order valence-corrected chi connectivity index (χ4v) is 1.87. The van der Waals surface area contributed by atoms with Crippen molar-refractivity contribution in [3.63, 3.8) is 0 Å². The molecule has 1 atom stereocenters. The topological polar surface area (TPSA) is 41.1 Å². The molecule has 0 aromatic heterocycles. The van der Waals surface area contributed by atoms with Crippen molar-refractivity contribution < 1.29 is 9.18 Å². The number of benzene rings is 1. The molecule has 0 saturated carbocycles. The van der Waals surface area contributed by atoms with E-state index in [1.807, 2.05) is 19.9 Å². The third-order valence-electron chi connectivity index (χ3n) is 2.85. The number of nitrogens with one attached hydrogen (secondary N) is 2. The summed E-state index contributed by atoms with van der Waals surface area (Å²) in [6.45, 7) is 5.44. The number of amides is 1. The van der Waals surface area contributed by atoms with Gasteiger partial charge in [0.1, 0.15) is 5.82 Å². The molecule has 0 heterocycles. The van der Waals surface area contributed by atoms with Gasteiger partial charge >= 0.3 is 0 Å². The maximum atomic E-state index is 13.0. The summed E-state index contributed by atoms with van der Waals surface area (Å²) in [6.07, 6.45) is 2.19. The Kier molecular flexibility index (Phi) is 7.11. The van der Waals surface area contributed by atoms with Crippen LogP contribution in [0.2, 0.25) is 0 Å². The molecule has 0 spiro atoms. The molecule has 2 N–H and O–H groups in total. The summed E-state index contributed by atoms with van der Waals surface area (Å²) in [5.74, 6) is -0.129. The highest BCUT2D eigenvalue weighted by molar-refractivity contribution is 5.75. The first kappa shape index (κ1) is 15.6. The molecule has 1 aromatic carbocycles. The van der Waals surface area contributed by atoms with Crippen LogP contribution >= 0.6 is 0 Å². The van der Waals surface area contributed by atoms with Gasteiger partial charge in [0.05, 0.1) is 0 Å². The standard InChI is InChI=1S/C15H23FN2O/c1-3-8-18-15(19)7-9-17-12(2)10-13-5-4-6-14(16)11-13/h4-6,11-12,17H,3,7-10H2,1-2H3,(H,18,19). The first-order valence-electron chi connectivity index (χ1n) is 6.86. The maximum absolute atomic E-state index is 13.0. The minimum Gasteiger partial charge on any atom is -0.356 e. The predicted octanol–water partition coefficient (Wildman–Crippen LogP) is 2.26. The second-order valence-electron chi connectivity index (χ2n) is 4.79. The van der Waals surface area contributed by atoms with Crippen molar-refractivity contribution in [1.82, 2.24) is 10.6 Å². The van der Waals surface area contributed by atoms with Gasteiger partial charge in [-0.15, -0.1) is 0 Å². The van der Waals surface area contributed by atoms with Crippen LogP contribution in [0.25, 0.3) is 0 Å². The lowest BCUT2D eigenvalue weighted by Crippen LogP contribution is -2.33. The lowest BCUT2D eigenvalue weighted by atomic mass is 10.1. The first-order valence-corrected chi connectivity index (χ1v) is 6.86. The maximum Gasteiger partial charge on any atom is 0.221 e. The van der Waals surface area contributed by atoms with Gasteiger partial charge in [-0.05, 0) is 37.5 Å². The third-order valence-corrected chi connectivity index (χ3v) is 2.85. The highest BCUT2D eigenvalue weighted by Crippen LogP contribution is 2.06. The molecule has 4 heteroatoms. The van der Waals surface area contributed by atoms with E-state index in [4.69, 9.17) is 0 Å². The van der Waals surface area contributed by atoms with Gasteiger partial charge in [0.15, 0.2) is 0 Å². The molecule has 1 unspecified atom stereocenters. The number of carbonyl (C=O) groups is 1. The van der Waals surface area contributed by atoms with Crippen LogP contribution in [0.5, 0.6) is 0 Å². The van der Waals surface area contributed by atoms with E-state index in [0.717, 1.165) is 24.9 Å². The van der Waals surface area contributed by atoms with Crippen molar-refractivity contribution >= 4 is 5.91 Å². The van der Waals surface area contributed by atoms with Crippen LogP contribution in [-0.2, 0) is 11.2 Å². The average Bonchev–Trinajstić information content (AvgIpc) is 2.36. The zero-order valence-electron chi connectivity index (χ0n) is 11.7. The zero-order chi connectivity index (χ0) is 14.1. The molecular formula is C15H23FN2O. The van der Waals surface area contributed by atoms with E-state index in [0.29, 0.717) is 13.0 Å². The van der Waals surface area contributed by atoms with Crippen molar-refractivity contribution in [2.45, 2.75) is 39.2 Å². The molecule has 1 rings (SSSR count). The van der Waals surface area contributed by atoms with Crippen LogP contribution in [0.4, 0.5) is 4.39 Å². The second-order valence-corrected chi connectivity index (χ2v) is 4.79. The highest BCUT2D eigenvalue weighted by atomic mass is 19.1. The van der Waals surface area contributed by atoms with Crippen molar-refractivity contribution in [1.29, 1.82) is 0 Å². The Morgan fingerprint density at radius 1 is 1.37 bits per heavy atom. The summed E-state index contributed by atoms with van der Waals surface area (Å²) in [4.78, 5) is 11.4. The molecule has 0 saturated heterocycles. The molecule has 1 amide bonds. The molecule has 0 radical (unpaired) electrons. The summed E-state index contributed by atoms with van der Waals surface area (Å²) >= 11 is 0. The van der Waals surface area contributed by atoms with E-state index < -0.39 is 0 Å². The van der Waals surface area contributed by atoms with Crippen LogP contribution < -0.4 is 10.6 Å². The molecule has 0 bridgehead atoms. The first-order chi connectivity index (χ1) is 9.11. The van der Waals surface area contributed by atoms with Crippen LogP contribution in [0.1, 0.15) is 32.3 Å². The molecule has 0 fully saturated rings. The molecule has 0 aliphatic carbocycles. The fourth-order valence-electron chi connectivity index (χ4n) is 1.87. The Morgan fingerprint density at radius 3 is 2.84 bits per heavy atom. The summed E-state index contributed by atoms with van der Waals surface area (Å²) in [7, 11) is 0. The van der Waals surface area contributed by atoms with Crippen molar-refractivity contribution in [2.24, 2.45) is 0 Å². The Balaban J connectivity index is 2.21. The SMILES string of the molecule is CCCNC(=O)CCNC(C)Cc1cccc(F)c1. The van der Waals surface area contributed by atoms with Gasteiger partial charge in [0.2, 0.25) is 5.91 Å². The van der Waals surface area contributed by atoms with Crippen LogP contribution in [-0.4, -0.2) is 25.0 Å². The summed E-state index contributed by atoms with van der Waals surface area (Å²) in [5, 5.41) is 6.11. The van der Waals surface area contributed by atoms with Crippen LogP contribution in [0, 0.1) is 5.82 Å². The van der Waals surface area contributed by atoms with Gasteiger partial charge in [0.25, 0.3) is 0 Å². The molecule has 19 heavy (non-hydrogen) atoms. The molecule has 0 aliphatic rings. The van der Waals surface area contributed by atoms with Gasteiger partial charge in [-0.2, -0.15) is 0 Å². The smallest absolute Gasteiger partial charge is 0.221 e. The molecular weight excluding hydrogens is 243 g/mol. The number of halogens is 1. The molecule has 0 aliphatic heterocycles. The lowest BCUT2D eigenvalue weighted by Gasteiger charge is -2.13. The molecule has 106 valence electrons. The minimum atomic E-state index is -0.205. The monoisotopic (exact) mass is 266 g/mol. The number of carbonyl (C=O) groups excluding carboxylic acids is 1. The summed E-state index contributed by atoms with van der Waals surface area (Å²) in [5.41, 5.74) is 0.968. The van der Waals surface area contributed by atoms with E-state index in [9.17, 15) is 9.18 Å². The number of hydrogen-bond acceptors (Lipinski definition) is 2. The number of rotatable bonds is 8. The van der Waals surface area contributed by atoms with E-state index in [1.54, 1.807) is 12.1 Å². The minimum absolute atomic E-state index is 0.0762. The summed E-state index contributed by atoms with van der Waals surface area (Å²) < 4.78 is 13.0. The normalized spacial score (nSPS) is 12.2. The van der Waals surface area contributed by atoms with E-state index in [2.05, 4.69) is 10.6 Å². The highest BCUT2D eigenvalue weighted by Gasteiger charge is 2.05. The Labute approximate surface area is 114 Å². The van der Waals surface area contributed by atoms with E-state index in [1.165, 1.54) is 6.07 Å². The molecule has 1 aromatic rings. The van der Waals surface area contributed by atoms with Gasteiger partial charge in [-0.3, -0.25) is 4.79 Å². The van der Waals surface area contributed by atoms with E-state index in [-0.39, 0.29) is 17.8 Å². The van der Waals surface area contributed by atoms with Crippen molar-refractivity contribution in [2.75, 3.05) is 13.1 Å².